The van der Waals surface area contributed by atoms with Crippen LogP contribution in [0, 0.1) is 5.82 Å². The third kappa shape index (κ3) is 4.12. The van der Waals surface area contributed by atoms with Crippen LogP contribution in [0.3, 0.4) is 0 Å². The van der Waals surface area contributed by atoms with Crippen molar-refractivity contribution >= 4 is 34.9 Å². The monoisotopic (exact) mass is 340 g/mol. The summed E-state index contributed by atoms with van der Waals surface area (Å²) < 4.78 is 13.0. The van der Waals surface area contributed by atoms with E-state index < -0.39 is 11.6 Å². The highest BCUT2D eigenvalue weighted by Crippen LogP contribution is 2.26. The predicted octanol–water partition coefficient (Wildman–Crippen LogP) is 5.19. The van der Waals surface area contributed by atoms with Crippen molar-refractivity contribution in [1.29, 1.82) is 0 Å². The van der Waals surface area contributed by atoms with E-state index in [-0.39, 0.29) is 5.82 Å². The number of rotatable bonds is 3. The Balaban J connectivity index is 2.08. The van der Waals surface area contributed by atoms with Crippen LogP contribution in [0.25, 0.3) is 0 Å². The minimum Gasteiger partial charge on any atom is -0.329 e. The Morgan fingerprint density at radius 3 is 2.32 bits per heavy atom. The number of carbonyl (C=O) groups excluding carboxylic acids is 1. The average molecular weight is 341 g/mol. The fourth-order valence-electron chi connectivity index (χ4n) is 1.97. The summed E-state index contributed by atoms with van der Waals surface area (Å²) >= 11 is 11.8. The van der Waals surface area contributed by atoms with Crippen LogP contribution in [0.1, 0.15) is 19.4 Å². The van der Waals surface area contributed by atoms with E-state index >= 15 is 0 Å². The molecule has 2 amide bonds. The zero-order valence-corrected chi connectivity index (χ0v) is 13.6. The van der Waals surface area contributed by atoms with Crippen LogP contribution >= 0.6 is 23.2 Å². The van der Waals surface area contributed by atoms with Gasteiger partial charge in [0.15, 0.2) is 0 Å². The van der Waals surface area contributed by atoms with Crippen LogP contribution in [0.4, 0.5) is 14.9 Å². The second kappa shape index (κ2) is 6.55. The molecule has 0 bridgehead atoms. The molecule has 116 valence electrons. The van der Waals surface area contributed by atoms with E-state index in [1.807, 2.05) is 13.8 Å². The maximum Gasteiger partial charge on any atom is 0.319 e. The first-order valence-electron chi connectivity index (χ1n) is 6.58. The van der Waals surface area contributed by atoms with Gasteiger partial charge in [0.1, 0.15) is 5.82 Å². The SMILES string of the molecule is CC(C)(NC(=O)Nc1ccc(Cl)cc1Cl)c1ccc(F)cc1. The van der Waals surface area contributed by atoms with Crippen molar-refractivity contribution in [2.45, 2.75) is 19.4 Å². The molecule has 0 saturated carbocycles. The summed E-state index contributed by atoms with van der Waals surface area (Å²) in [6.07, 6.45) is 0. The van der Waals surface area contributed by atoms with Crippen molar-refractivity contribution in [2.24, 2.45) is 0 Å². The highest BCUT2D eigenvalue weighted by atomic mass is 35.5. The lowest BCUT2D eigenvalue weighted by Crippen LogP contribution is -2.43. The van der Waals surface area contributed by atoms with Crippen LogP contribution in [0.2, 0.25) is 10.0 Å². The Hall–Kier alpha value is -1.78. The Labute approximate surface area is 138 Å². The van der Waals surface area contributed by atoms with Gasteiger partial charge in [-0.2, -0.15) is 0 Å². The molecular weight excluding hydrogens is 326 g/mol. The number of hydrogen-bond acceptors (Lipinski definition) is 1. The second-order valence-electron chi connectivity index (χ2n) is 5.34. The summed E-state index contributed by atoms with van der Waals surface area (Å²) in [6.45, 7) is 3.65. The van der Waals surface area contributed by atoms with Crippen molar-refractivity contribution in [3.05, 3.63) is 63.9 Å². The maximum absolute atomic E-state index is 13.0. The summed E-state index contributed by atoms with van der Waals surface area (Å²) in [6, 6.07) is 10.3. The van der Waals surface area contributed by atoms with Crippen LogP contribution in [0.15, 0.2) is 42.5 Å². The third-order valence-electron chi connectivity index (χ3n) is 3.17. The fourth-order valence-corrected chi connectivity index (χ4v) is 2.42. The summed E-state index contributed by atoms with van der Waals surface area (Å²) in [5, 5.41) is 6.32. The number of nitrogens with one attached hydrogen (secondary N) is 2. The van der Waals surface area contributed by atoms with Crippen LogP contribution in [-0.4, -0.2) is 6.03 Å². The number of hydrogen-bond donors (Lipinski definition) is 2. The number of anilines is 1. The van der Waals surface area contributed by atoms with Gasteiger partial charge in [0.2, 0.25) is 0 Å². The van der Waals surface area contributed by atoms with Gasteiger partial charge >= 0.3 is 6.03 Å². The zero-order chi connectivity index (χ0) is 16.3. The van der Waals surface area contributed by atoms with Gasteiger partial charge in [0.25, 0.3) is 0 Å². The molecule has 0 spiro atoms. The zero-order valence-electron chi connectivity index (χ0n) is 12.1. The van der Waals surface area contributed by atoms with E-state index in [2.05, 4.69) is 10.6 Å². The molecule has 2 N–H and O–H groups in total. The van der Waals surface area contributed by atoms with E-state index in [1.165, 1.54) is 12.1 Å². The second-order valence-corrected chi connectivity index (χ2v) is 6.18. The van der Waals surface area contributed by atoms with Gasteiger partial charge in [-0.3, -0.25) is 0 Å². The lowest BCUT2D eigenvalue weighted by molar-refractivity contribution is 0.242. The van der Waals surface area contributed by atoms with Gasteiger partial charge in [-0.25, -0.2) is 9.18 Å². The highest BCUT2D eigenvalue weighted by Gasteiger charge is 2.23. The standard InChI is InChI=1S/C16H15Cl2FN2O/c1-16(2,10-3-6-12(19)7-4-10)21-15(22)20-14-8-5-11(17)9-13(14)18/h3-9H,1-2H3,(H2,20,21,22). The lowest BCUT2D eigenvalue weighted by Gasteiger charge is -2.27. The average Bonchev–Trinajstić information content (AvgIpc) is 2.42. The molecule has 0 radical (unpaired) electrons. The summed E-state index contributed by atoms with van der Waals surface area (Å²) in [7, 11) is 0. The molecule has 0 atom stereocenters. The van der Waals surface area contributed by atoms with Gasteiger partial charge in [-0.15, -0.1) is 0 Å². The number of carbonyl (C=O) groups is 1. The molecule has 0 aliphatic rings. The van der Waals surface area contributed by atoms with Gasteiger partial charge in [-0.05, 0) is 49.7 Å². The molecule has 3 nitrogen and oxygen atoms in total. The van der Waals surface area contributed by atoms with Crippen molar-refractivity contribution in [3.8, 4) is 0 Å². The van der Waals surface area contributed by atoms with Crippen LogP contribution in [0.5, 0.6) is 0 Å². The molecule has 22 heavy (non-hydrogen) atoms. The van der Waals surface area contributed by atoms with Gasteiger partial charge in [0.05, 0.1) is 16.2 Å². The molecule has 0 unspecified atom stereocenters. The normalized spacial score (nSPS) is 11.1. The Bertz CT molecular complexity index is 687. The van der Waals surface area contributed by atoms with Crippen molar-refractivity contribution in [3.63, 3.8) is 0 Å². The Kier molecular flexibility index (Phi) is 4.94. The lowest BCUT2D eigenvalue weighted by atomic mass is 9.94. The predicted molar refractivity (Wildman–Crippen MR) is 88.0 cm³/mol. The fraction of sp³-hybridized carbons (Fsp3) is 0.188. The number of halogens is 3. The molecular formula is C16H15Cl2FN2O. The molecule has 0 heterocycles. The molecule has 2 rings (SSSR count). The number of urea groups is 1. The third-order valence-corrected chi connectivity index (χ3v) is 3.72. The molecule has 0 fully saturated rings. The summed E-state index contributed by atoms with van der Waals surface area (Å²) in [5.74, 6) is -0.322. The largest absolute Gasteiger partial charge is 0.329 e. The molecule has 0 aliphatic heterocycles. The first kappa shape index (κ1) is 16.6. The molecule has 6 heteroatoms. The Morgan fingerprint density at radius 1 is 1.09 bits per heavy atom. The van der Waals surface area contributed by atoms with E-state index in [4.69, 9.17) is 23.2 Å². The van der Waals surface area contributed by atoms with Crippen molar-refractivity contribution < 1.29 is 9.18 Å². The van der Waals surface area contributed by atoms with E-state index in [0.29, 0.717) is 15.7 Å². The first-order chi connectivity index (χ1) is 10.3. The minimum atomic E-state index is -0.670. The topological polar surface area (TPSA) is 41.1 Å². The number of benzene rings is 2. The molecule has 0 aromatic heterocycles. The minimum absolute atomic E-state index is 0.322. The quantitative estimate of drug-likeness (QED) is 0.793. The van der Waals surface area contributed by atoms with Crippen LogP contribution < -0.4 is 10.6 Å². The first-order valence-corrected chi connectivity index (χ1v) is 7.34. The van der Waals surface area contributed by atoms with E-state index in [9.17, 15) is 9.18 Å². The van der Waals surface area contributed by atoms with Gasteiger partial charge in [-0.1, -0.05) is 35.3 Å². The molecule has 0 saturated heterocycles. The van der Waals surface area contributed by atoms with Crippen molar-refractivity contribution in [1.82, 2.24) is 5.32 Å². The van der Waals surface area contributed by atoms with Crippen molar-refractivity contribution in [2.75, 3.05) is 5.32 Å². The van der Waals surface area contributed by atoms with Gasteiger partial charge in [0, 0.05) is 5.02 Å². The molecule has 2 aromatic rings. The summed E-state index contributed by atoms with van der Waals surface area (Å²) in [4.78, 5) is 12.1. The van der Waals surface area contributed by atoms with Gasteiger partial charge < -0.3 is 10.6 Å². The van der Waals surface area contributed by atoms with Crippen LogP contribution in [-0.2, 0) is 5.54 Å². The highest BCUT2D eigenvalue weighted by molar-refractivity contribution is 6.36. The molecule has 2 aromatic carbocycles. The molecule has 0 aliphatic carbocycles. The smallest absolute Gasteiger partial charge is 0.319 e. The maximum atomic E-state index is 13.0. The van der Waals surface area contributed by atoms with E-state index in [0.717, 1.165) is 5.56 Å². The Morgan fingerprint density at radius 2 is 1.73 bits per heavy atom. The van der Waals surface area contributed by atoms with E-state index in [1.54, 1.807) is 30.3 Å². The number of amides is 2. The summed E-state index contributed by atoms with van der Waals surface area (Å²) in [5.41, 5.74) is 0.571.